The van der Waals surface area contributed by atoms with Crippen molar-refractivity contribution in [1.29, 1.82) is 0 Å². The summed E-state index contributed by atoms with van der Waals surface area (Å²) < 4.78 is 13.0. The quantitative estimate of drug-likeness (QED) is 0.345. The van der Waals surface area contributed by atoms with Crippen LogP contribution in [0.2, 0.25) is 0 Å². The van der Waals surface area contributed by atoms with Gasteiger partial charge in [0.1, 0.15) is 19.2 Å². The average molecular weight is 512 g/mol. The lowest BCUT2D eigenvalue weighted by atomic mass is 10.1. The molecular weight excluding hydrogens is 478 g/mol. The fourth-order valence-corrected chi connectivity index (χ4v) is 3.54. The van der Waals surface area contributed by atoms with Crippen molar-refractivity contribution in [3.05, 3.63) is 65.1 Å². The summed E-state index contributed by atoms with van der Waals surface area (Å²) >= 11 is 0. The van der Waals surface area contributed by atoms with E-state index >= 15 is 0 Å². The summed E-state index contributed by atoms with van der Waals surface area (Å²) in [7, 11) is 1.41. The number of benzene rings is 1. The first-order chi connectivity index (χ1) is 17.5. The molecule has 0 saturated heterocycles. The number of amides is 3. The highest BCUT2D eigenvalue weighted by Crippen LogP contribution is 2.19. The van der Waals surface area contributed by atoms with Crippen LogP contribution in [0.5, 0.6) is 0 Å². The summed E-state index contributed by atoms with van der Waals surface area (Å²) in [4.78, 5) is 37.2. The summed E-state index contributed by atoms with van der Waals surface area (Å²) in [5.41, 5.74) is 13.1. The summed E-state index contributed by atoms with van der Waals surface area (Å²) in [6.07, 6.45) is -0.721. The number of aromatic nitrogens is 3. The molecule has 3 amide bonds. The van der Waals surface area contributed by atoms with E-state index in [0.29, 0.717) is 23.8 Å². The fraction of sp³-hybridized carbons (Fsp3) is 0.400. The van der Waals surface area contributed by atoms with Crippen LogP contribution in [0.1, 0.15) is 42.5 Å². The van der Waals surface area contributed by atoms with E-state index in [1.807, 2.05) is 31.2 Å². The third kappa shape index (κ3) is 7.48. The van der Waals surface area contributed by atoms with Gasteiger partial charge in [0.15, 0.2) is 11.5 Å². The van der Waals surface area contributed by atoms with Crippen molar-refractivity contribution >= 4 is 23.6 Å². The van der Waals surface area contributed by atoms with Gasteiger partial charge in [0.05, 0.1) is 24.4 Å². The molecule has 3 rings (SSSR count). The molecule has 0 bridgehead atoms. The Morgan fingerprint density at radius 2 is 1.86 bits per heavy atom. The Hall–Kier alpha value is -4.03. The molecule has 3 aromatic rings. The van der Waals surface area contributed by atoms with Gasteiger partial charge in [-0.15, -0.1) is 10.2 Å². The van der Waals surface area contributed by atoms with Crippen molar-refractivity contribution in [3.63, 3.8) is 0 Å². The average Bonchev–Trinajstić information content (AvgIpc) is 3.25. The maximum absolute atomic E-state index is 12.8. The molecular formula is C25H33N7O5. The first kappa shape index (κ1) is 27.6. The topological polar surface area (TPSA) is 167 Å². The van der Waals surface area contributed by atoms with Crippen molar-refractivity contribution < 1.29 is 23.9 Å². The molecule has 0 aliphatic carbocycles. The zero-order chi connectivity index (χ0) is 27.2. The second-order valence-corrected chi connectivity index (χ2v) is 9.40. The number of carbonyl (C=O) groups is 3. The molecule has 12 heteroatoms. The van der Waals surface area contributed by atoms with Crippen LogP contribution in [0.3, 0.4) is 0 Å². The normalized spacial score (nSPS) is 12.2. The smallest absolute Gasteiger partial charge is 0.410 e. The van der Waals surface area contributed by atoms with Crippen LogP contribution in [0.15, 0.2) is 42.5 Å². The van der Waals surface area contributed by atoms with Gasteiger partial charge in [0.2, 0.25) is 11.8 Å². The number of primary amides is 1. The molecule has 0 fully saturated rings. The third-order valence-corrected chi connectivity index (χ3v) is 5.42. The lowest BCUT2D eigenvalue weighted by molar-refractivity contribution is -0.126. The number of nitrogens with zero attached hydrogens (tertiary/aromatic N) is 4. The van der Waals surface area contributed by atoms with Gasteiger partial charge in [0.25, 0.3) is 0 Å². The number of pyridine rings is 1. The van der Waals surface area contributed by atoms with Crippen molar-refractivity contribution in [3.8, 4) is 0 Å². The number of hydrogen-bond acceptors (Lipinski definition) is 8. The second-order valence-electron chi connectivity index (χ2n) is 9.40. The maximum atomic E-state index is 12.8. The Labute approximate surface area is 214 Å². The summed E-state index contributed by atoms with van der Waals surface area (Å²) in [6.45, 7) is 5.20. The first-order valence-electron chi connectivity index (χ1n) is 11.7. The number of carbonyl (C=O) groups excluding carboxylic acids is 3. The van der Waals surface area contributed by atoms with Gasteiger partial charge in [-0.25, -0.2) is 4.79 Å². The van der Waals surface area contributed by atoms with Gasteiger partial charge >= 0.3 is 6.09 Å². The molecule has 0 spiro atoms. The van der Waals surface area contributed by atoms with Crippen molar-refractivity contribution in [2.24, 2.45) is 11.5 Å². The van der Waals surface area contributed by atoms with E-state index < -0.39 is 29.5 Å². The number of fused-ring (bicyclic) bond motifs is 1. The molecule has 12 nitrogen and oxygen atoms in total. The SMILES string of the molecule is Cc1cccc(COC[C@@H](NC(=O)C(C)(C)N)c2nnc3cccc(COC(=O)N(C)CC(N)=O)n23)c1. The van der Waals surface area contributed by atoms with Gasteiger partial charge in [-0.3, -0.25) is 14.0 Å². The lowest BCUT2D eigenvalue weighted by Crippen LogP contribution is -2.51. The summed E-state index contributed by atoms with van der Waals surface area (Å²) in [5.74, 6) is -0.672. The van der Waals surface area contributed by atoms with Crippen LogP contribution in [0.25, 0.3) is 5.65 Å². The van der Waals surface area contributed by atoms with Gasteiger partial charge in [-0.1, -0.05) is 35.9 Å². The lowest BCUT2D eigenvalue weighted by Gasteiger charge is -2.24. The highest BCUT2D eigenvalue weighted by molar-refractivity contribution is 5.85. The predicted octanol–water partition coefficient (Wildman–Crippen LogP) is 1.20. The van der Waals surface area contributed by atoms with Gasteiger partial charge in [0, 0.05) is 7.05 Å². The zero-order valence-corrected chi connectivity index (χ0v) is 21.4. The van der Waals surface area contributed by atoms with E-state index in [0.717, 1.165) is 16.0 Å². The largest absolute Gasteiger partial charge is 0.443 e. The summed E-state index contributed by atoms with van der Waals surface area (Å²) in [6, 6.07) is 12.4. The molecule has 37 heavy (non-hydrogen) atoms. The Morgan fingerprint density at radius 3 is 2.54 bits per heavy atom. The van der Waals surface area contributed by atoms with Gasteiger partial charge < -0.3 is 31.2 Å². The Kier molecular flexibility index (Phi) is 8.79. The van der Waals surface area contributed by atoms with Crippen LogP contribution in [0.4, 0.5) is 4.79 Å². The highest BCUT2D eigenvalue weighted by atomic mass is 16.6. The van der Waals surface area contributed by atoms with Crippen LogP contribution >= 0.6 is 0 Å². The number of ether oxygens (including phenoxy) is 2. The molecule has 0 radical (unpaired) electrons. The van der Waals surface area contributed by atoms with Crippen molar-refractivity contribution in [1.82, 2.24) is 24.8 Å². The molecule has 2 aromatic heterocycles. The number of aryl methyl sites for hydroxylation is 1. The van der Waals surface area contributed by atoms with Crippen molar-refractivity contribution in [2.75, 3.05) is 20.2 Å². The van der Waals surface area contributed by atoms with Gasteiger partial charge in [-0.2, -0.15) is 0 Å². The molecule has 0 aliphatic heterocycles. The van der Waals surface area contributed by atoms with Crippen LogP contribution in [0, 0.1) is 6.92 Å². The van der Waals surface area contributed by atoms with Crippen molar-refractivity contribution in [2.45, 2.75) is 45.6 Å². The molecule has 5 N–H and O–H groups in total. The molecule has 2 heterocycles. The maximum Gasteiger partial charge on any atom is 0.410 e. The molecule has 0 unspecified atom stereocenters. The molecule has 0 aliphatic rings. The summed E-state index contributed by atoms with van der Waals surface area (Å²) in [5, 5.41) is 11.4. The third-order valence-electron chi connectivity index (χ3n) is 5.42. The number of likely N-dealkylation sites (N-methyl/N-ethyl adjacent to an activating group) is 1. The van der Waals surface area contributed by atoms with E-state index in [9.17, 15) is 14.4 Å². The first-order valence-corrected chi connectivity index (χ1v) is 11.7. The Morgan fingerprint density at radius 1 is 1.14 bits per heavy atom. The molecule has 0 saturated carbocycles. The van der Waals surface area contributed by atoms with Crippen LogP contribution in [-0.4, -0.2) is 63.1 Å². The predicted molar refractivity (Wildman–Crippen MR) is 135 cm³/mol. The number of rotatable bonds is 11. The molecule has 198 valence electrons. The molecule has 1 atom stereocenters. The minimum atomic E-state index is -1.14. The highest BCUT2D eigenvalue weighted by Gasteiger charge is 2.28. The van der Waals surface area contributed by atoms with Gasteiger partial charge in [-0.05, 0) is 38.5 Å². The fourth-order valence-electron chi connectivity index (χ4n) is 3.54. The van der Waals surface area contributed by atoms with Crippen LogP contribution < -0.4 is 16.8 Å². The minimum absolute atomic E-state index is 0.0893. The number of hydrogen-bond donors (Lipinski definition) is 3. The Bertz CT molecular complexity index is 1270. The standard InChI is InChI=1S/C25H33N7O5/c1-16-7-5-8-17(11-16)13-36-15-19(28-23(34)25(2,3)27)22-30-29-21-10-6-9-18(32(21)22)14-37-24(35)31(4)12-20(26)33/h5-11,19H,12-15,27H2,1-4H3,(H2,26,33)(H,28,34)/t19-/m1/s1. The second kappa shape index (κ2) is 11.8. The molecule has 1 aromatic carbocycles. The van der Waals surface area contributed by atoms with E-state index in [1.165, 1.54) is 7.05 Å². The van der Waals surface area contributed by atoms with E-state index in [4.69, 9.17) is 20.9 Å². The van der Waals surface area contributed by atoms with E-state index in [2.05, 4.69) is 15.5 Å². The zero-order valence-electron chi connectivity index (χ0n) is 21.4. The Balaban J connectivity index is 1.85. The minimum Gasteiger partial charge on any atom is -0.443 e. The number of nitrogens with one attached hydrogen (secondary N) is 1. The van der Waals surface area contributed by atoms with Crippen LogP contribution in [-0.2, 0) is 32.3 Å². The number of nitrogens with two attached hydrogens (primary N) is 2. The van der Waals surface area contributed by atoms with E-state index in [1.54, 1.807) is 36.4 Å². The van der Waals surface area contributed by atoms with E-state index in [-0.39, 0.29) is 19.8 Å². The monoisotopic (exact) mass is 511 g/mol.